The molecule has 0 N–H and O–H groups in total. The first-order valence-electron chi connectivity index (χ1n) is 9.74. The number of aromatic nitrogens is 3. The third kappa shape index (κ3) is 3.46. The maximum atomic E-state index is 13.8. The van der Waals surface area contributed by atoms with E-state index in [1.54, 1.807) is 6.20 Å². The molecule has 1 atom stereocenters. The molecule has 1 aromatic carbocycles. The lowest BCUT2D eigenvalue weighted by Gasteiger charge is -2.22. The summed E-state index contributed by atoms with van der Waals surface area (Å²) in [5, 5.41) is 0. The van der Waals surface area contributed by atoms with E-state index in [-0.39, 0.29) is 0 Å². The summed E-state index contributed by atoms with van der Waals surface area (Å²) in [5.74, 6) is -0.200. The number of fused-ring (bicyclic) bond motifs is 1. The average molecular weight is 386 g/mol. The fraction of sp³-hybridized carbons (Fsp3) is 0.429. The van der Waals surface area contributed by atoms with Crippen LogP contribution in [0.2, 0.25) is 0 Å². The van der Waals surface area contributed by atoms with Crippen LogP contribution in [0.25, 0.3) is 22.4 Å². The second-order valence-electron chi connectivity index (χ2n) is 7.13. The maximum Gasteiger partial charge on any atom is 0.161 e. The predicted molar refractivity (Wildman–Crippen MR) is 105 cm³/mol. The Morgan fingerprint density at radius 2 is 2.04 bits per heavy atom. The minimum absolute atomic E-state index is 0.419. The molecule has 1 saturated heterocycles. The van der Waals surface area contributed by atoms with Crippen molar-refractivity contribution < 1.29 is 13.5 Å². The summed E-state index contributed by atoms with van der Waals surface area (Å²) in [7, 11) is 0. The van der Waals surface area contributed by atoms with Crippen molar-refractivity contribution in [3.05, 3.63) is 42.1 Å². The number of benzene rings is 1. The molecule has 1 aliphatic rings. The van der Waals surface area contributed by atoms with Gasteiger partial charge in [0.2, 0.25) is 0 Å². The first kappa shape index (κ1) is 18.8. The van der Waals surface area contributed by atoms with Gasteiger partial charge in [0.1, 0.15) is 11.6 Å². The summed E-state index contributed by atoms with van der Waals surface area (Å²) < 4.78 is 34.8. The second kappa shape index (κ2) is 7.83. The van der Waals surface area contributed by atoms with Crippen LogP contribution in [0.1, 0.15) is 26.7 Å². The third-order valence-electron chi connectivity index (χ3n) is 5.31. The SMILES string of the molecule is CCOCCn1c(-c2ccc(N3CCCC3C)nc2)nc2cc(F)c(F)cc21. The average Bonchev–Trinajstić information content (AvgIpc) is 3.27. The van der Waals surface area contributed by atoms with Gasteiger partial charge in [0.25, 0.3) is 0 Å². The Bertz CT molecular complexity index is 971. The minimum atomic E-state index is -0.898. The van der Waals surface area contributed by atoms with E-state index in [4.69, 9.17) is 4.74 Å². The van der Waals surface area contributed by atoms with Crippen molar-refractivity contribution in [2.75, 3.05) is 24.7 Å². The molecule has 148 valence electrons. The van der Waals surface area contributed by atoms with Crippen molar-refractivity contribution in [3.63, 3.8) is 0 Å². The molecule has 0 radical (unpaired) electrons. The Labute approximate surface area is 163 Å². The number of hydrogen-bond donors (Lipinski definition) is 0. The van der Waals surface area contributed by atoms with Crippen molar-refractivity contribution >= 4 is 16.9 Å². The molecule has 0 aliphatic carbocycles. The highest BCUT2D eigenvalue weighted by atomic mass is 19.2. The van der Waals surface area contributed by atoms with Gasteiger partial charge in [-0.15, -0.1) is 0 Å². The summed E-state index contributed by atoms with van der Waals surface area (Å²) in [6, 6.07) is 6.78. The van der Waals surface area contributed by atoms with Crippen molar-refractivity contribution in [2.45, 2.75) is 39.3 Å². The van der Waals surface area contributed by atoms with Crippen LogP contribution in [0, 0.1) is 11.6 Å². The summed E-state index contributed by atoms with van der Waals surface area (Å²) in [6.45, 7) is 6.69. The zero-order valence-corrected chi connectivity index (χ0v) is 16.2. The molecule has 1 unspecified atom stereocenters. The zero-order valence-electron chi connectivity index (χ0n) is 16.2. The zero-order chi connectivity index (χ0) is 19.7. The monoisotopic (exact) mass is 386 g/mol. The van der Waals surface area contributed by atoms with Crippen LogP contribution in [0.5, 0.6) is 0 Å². The highest BCUT2D eigenvalue weighted by Gasteiger charge is 2.22. The van der Waals surface area contributed by atoms with Gasteiger partial charge >= 0.3 is 0 Å². The van der Waals surface area contributed by atoms with Crippen LogP contribution < -0.4 is 4.90 Å². The quantitative estimate of drug-likeness (QED) is 0.589. The van der Waals surface area contributed by atoms with Gasteiger partial charge in [-0.25, -0.2) is 18.7 Å². The fourth-order valence-electron chi connectivity index (χ4n) is 3.83. The highest BCUT2D eigenvalue weighted by Crippen LogP contribution is 2.29. The van der Waals surface area contributed by atoms with Crippen molar-refractivity contribution in [1.29, 1.82) is 0 Å². The Kier molecular flexibility index (Phi) is 5.26. The van der Waals surface area contributed by atoms with E-state index < -0.39 is 11.6 Å². The lowest BCUT2D eigenvalue weighted by Crippen LogP contribution is -2.26. The van der Waals surface area contributed by atoms with Gasteiger partial charge in [0.15, 0.2) is 11.6 Å². The first-order chi connectivity index (χ1) is 13.6. The number of nitrogens with zero attached hydrogens (tertiary/aromatic N) is 4. The molecular weight excluding hydrogens is 362 g/mol. The van der Waals surface area contributed by atoms with Gasteiger partial charge in [0.05, 0.1) is 17.6 Å². The standard InChI is InChI=1S/C21H24F2N4O/c1-3-28-10-9-27-19-12-17(23)16(22)11-18(19)25-21(27)15-6-7-20(24-13-15)26-8-4-5-14(26)2/h6-7,11-14H,3-5,8-10H2,1-2H3. The molecule has 3 heterocycles. The Morgan fingerprint density at radius 1 is 1.21 bits per heavy atom. The smallest absolute Gasteiger partial charge is 0.161 e. The largest absolute Gasteiger partial charge is 0.380 e. The molecule has 4 rings (SSSR count). The van der Waals surface area contributed by atoms with Crippen LogP contribution in [0.4, 0.5) is 14.6 Å². The normalized spacial score (nSPS) is 17.0. The van der Waals surface area contributed by atoms with E-state index in [2.05, 4.69) is 21.8 Å². The van der Waals surface area contributed by atoms with Crippen LogP contribution in [0.15, 0.2) is 30.5 Å². The van der Waals surface area contributed by atoms with Crippen LogP contribution in [-0.4, -0.2) is 40.3 Å². The topological polar surface area (TPSA) is 43.2 Å². The third-order valence-corrected chi connectivity index (χ3v) is 5.31. The molecule has 3 aromatic rings. The van der Waals surface area contributed by atoms with Gasteiger partial charge in [-0.2, -0.15) is 0 Å². The number of halogens is 2. The van der Waals surface area contributed by atoms with E-state index in [0.29, 0.717) is 42.7 Å². The molecule has 0 amide bonds. The lowest BCUT2D eigenvalue weighted by atomic mass is 10.2. The summed E-state index contributed by atoms with van der Waals surface area (Å²) in [5.41, 5.74) is 1.78. The van der Waals surface area contributed by atoms with Gasteiger partial charge < -0.3 is 14.2 Å². The molecule has 5 nitrogen and oxygen atoms in total. The predicted octanol–water partition coefficient (Wildman–Crippen LogP) is 4.40. The van der Waals surface area contributed by atoms with Crippen molar-refractivity contribution in [1.82, 2.24) is 14.5 Å². The number of anilines is 1. The molecule has 0 saturated carbocycles. The summed E-state index contributed by atoms with van der Waals surface area (Å²) >= 11 is 0. The van der Waals surface area contributed by atoms with Crippen molar-refractivity contribution in [2.24, 2.45) is 0 Å². The Hall–Kier alpha value is -2.54. The van der Waals surface area contributed by atoms with Crippen molar-refractivity contribution in [3.8, 4) is 11.4 Å². The van der Waals surface area contributed by atoms with Crippen LogP contribution >= 0.6 is 0 Å². The lowest BCUT2D eigenvalue weighted by molar-refractivity contribution is 0.140. The highest BCUT2D eigenvalue weighted by molar-refractivity contribution is 5.81. The summed E-state index contributed by atoms with van der Waals surface area (Å²) in [6.07, 6.45) is 4.13. The summed E-state index contributed by atoms with van der Waals surface area (Å²) in [4.78, 5) is 11.5. The first-order valence-corrected chi connectivity index (χ1v) is 9.74. The van der Waals surface area contributed by atoms with Crippen LogP contribution in [0.3, 0.4) is 0 Å². The van der Waals surface area contributed by atoms with Gasteiger partial charge in [-0.05, 0) is 38.8 Å². The molecule has 2 aromatic heterocycles. The maximum absolute atomic E-state index is 13.8. The minimum Gasteiger partial charge on any atom is -0.380 e. The number of rotatable bonds is 6. The fourth-order valence-corrected chi connectivity index (χ4v) is 3.83. The number of pyridine rings is 1. The molecule has 28 heavy (non-hydrogen) atoms. The van der Waals surface area contributed by atoms with Gasteiger partial charge in [-0.3, -0.25) is 0 Å². The molecule has 0 spiro atoms. The van der Waals surface area contributed by atoms with E-state index >= 15 is 0 Å². The molecule has 1 fully saturated rings. The molecular formula is C21H24F2N4O. The number of ether oxygens (including phenoxy) is 1. The Balaban J connectivity index is 1.73. The Morgan fingerprint density at radius 3 is 2.71 bits per heavy atom. The van der Waals surface area contributed by atoms with E-state index in [9.17, 15) is 8.78 Å². The van der Waals surface area contributed by atoms with Gasteiger partial charge in [-0.1, -0.05) is 0 Å². The second-order valence-corrected chi connectivity index (χ2v) is 7.13. The van der Waals surface area contributed by atoms with E-state index in [0.717, 1.165) is 24.0 Å². The van der Waals surface area contributed by atoms with E-state index in [1.807, 2.05) is 23.6 Å². The van der Waals surface area contributed by atoms with E-state index in [1.165, 1.54) is 18.9 Å². The number of imidazole rings is 1. The van der Waals surface area contributed by atoms with Crippen LogP contribution in [-0.2, 0) is 11.3 Å². The molecule has 7 heteroatoms. The molecule has 1 aliphatic heterocycles. The number of hydrogen-bond acceptors (Lipinski definition) is 4. The molecule has 0 bridgehead atoms. The van der Waals surface area contributed by atoms with Gasteiger partial charge in [0, 0.05) is 49.6 Å².